The van der Waals surface area contributed by atoms with Gasteiger partial charge >= 0.3 is 11.8 Å². The van der Waals surface area contributed by atoms with E-state index >= 15 is 0 Å². The van der Waals surface area contributed by atoms with Crippen LogP contribution >= 0.6 is 22.9 Å². The number of morpholine rings is 1. The van der Waals surface area contributed by atoms with Gasteiger partial charge in [0.25, 0.3) is 10.0 Å². The molecule has 4 rings (SSSR count). The number of carbonyl (C=O) groups excluding carboxylic acids is 1. The van der Waals surface area contributed by atoms with Crippen molar-refractivity contribution in [3.8, 4) is 10.7 Å². The molecule has 1 aliphatic heterocycles. The minimum Gasteiger partial charge on any atom is -0.378 e. The van der Waals surface area contributed by atoms with E-state index in [9.17, 15) is 13.2 Å². The van der Waals surface area contributed by atoms with Crippen LogP contribution in [0.4, 0.5) is 5.69 Å². The average molecular weight is 483 g/mol. The molecule has 12 heteroatoms. The Hall–Kier alpha value is -2.47. The molecule has 0 radical (unpaired) electrons. The molecule has 1 aromatic carbocycles. The first-order valence-corrected chi connectivity index (χ1v) is 12.0. The van der Waals surface area contributed by atoms with Gasteiger partial charge in [0, 0.05) is 23.0 Å². The maximum absolute atomic E-state index is 13.0. The monoisotopic (exact) mass is 482 g/mol. The smallest absolute Gasteiger partial charge is 0.316 e. The molecule has 31 heavy (non-hydrogen) atoms. The number of amides is 1. The number of halogens is 1. The van der Waals surface area contributed by atoms with E-state index in [0.29, 0.717) is 46.8 Å². The zero-order chi connectivity index (χ0) is 22.2. The fraction of sp³-hybridized carbons (Fsp3) is 0.316. The van der Waals surface area contributed by atoms with Crippen LogP contribution in [-0.2, 0) is 14.8 Å². The zero-order valence-electron chi connectivity index (χ0n) is 16.7. The molecular weight excluding hydrogens is 464 g/mol. The Labute approximate surface area is 188 Å². The number of anilines is 1. The third-order valence-corrected chi connectivity index (χ3v) is 7.64. The predicted molar refractivity (Wildman–Crippen MR) is 116 cm³/mol. The van der Waals surface area contributed by atoms with Crippen molar-refractivity contribution in [2.24, 2.45) is 0 Å². The fourth-order valence-electron chi connectivity index (χ4n) is 3.06. The molecule has 0 bridgehead atoms. The summed E-state index contributed by atoms with van der Waals surface area (Å²) in [5.74, 6) is -0.355. The first kappa shape index (κ1) is 21.8. The van der Waals surface area contributed by atoms with Crippen molar-refractivity contribution < 1.29 is 22.5 Å². The third-order valence-electron chi connectivity index (χ3n) is 4.73. The lowest BCUT2D eigenvalue weighted by atomic mass is 10.2. The van der Waals surface area contributed by atoms with Gasteiger partial charge in [-0.25, -0.2) is 8.42 Å². The Morgan fingerprint density at radius 1 is 1.23 bits per heavy atom. The van der Waals surface area contributed by atoms with Crippen LogP contribution in [0.3, 0.4) is 0 Å². The summed E-state index contributed by atoms with van der Waals surface area (Å²) in [7, 11) is -3.87. The van der Waals surface area contributed by atoms with E-state index in [2.05, 4.69) is 14.9 Å². The van der Waals surface area contributed by atoms with Gasteiger partial charge in [-0.2, -0.15) is 4.98 Å². The highest BCUT2D eigenvalue weighted by molar-refractivity contribution is 7.93. The van der Waals surface area contributed by atoms with Gasteiger partial charge in [-0.3, -0.25) is 9.52 Å². The van der Waals surface area contributed by atoms with Gasteiger partial charge in [0.05, 0.1) is 23.8 Å². The van der Waals surface area contributed by atoms with Crippen LogP contribution in [0.15, 0.2) is 33.7 Å². The van der Waals surface area contributed by atoms with E-state index in [-0.39, 0.29) is 22.5 Å². The van der Waals surface area contributed by atoms with Gasteiger partial charge in [-0.15, -0.1) is 11.3 Å². The number of rotatable bonds is 5. The van der Waals surface area contributed by atoms with E-state index < -0.39 is 10.0 Å². The Bertz CT molecular complexity index is 1230. The van der Waals surface area contributed by atoms with Crippen molar-refractivity contribution in [2.45, 2.75) is 18.7 Å². The normalized spacial score (nSPS) is 14.6. The van der Waals surface area contributed by atoms with Gasteiger partial charge in [-0.1, -0.05) is 22.8 Å². The summed E-state index contributed by atoms with van der Waals surface area (Å²) in [5, 5.41) is 4.29. The van der Waals surface area contributed by atoms with E-state index in [1.54, 1.807) is 36.9 Å². The molecular formula is C19H19ClN4O5S2. The van der Waals surface area contributed by atoms with Gasteiger partial charge in [0.2, 0.25) is 5.82 Å². The first-order valence-electron chi connectivity index (χ1n) is 9.35. The van der Waals surface area contributed by atoms with Crippen LogP contribution in [0.2, 0.25) is 5.02 Å². The molecule has 0 spiro atoms. The quantitative estimate of drug-likeness (QED) is 0.593. The highest BCUT2D eigenvalue weighted by Crippen LogP contribution is 2.33. The lowest BCUT2D eigenvalue weighted by Crippen LogP contribution is -2.40. The highest BCUT2D eigenvalue weighted by atomic mass is 35.5. The minimum atomic E-state index is -3.87. The second-order valence-electron chi connectivity index (χ2n) is 6.92. The van der Waals surface area contributed by atoms with Gasteiger partial charge in [0.1, 0.15) is 4.90 Å². The molecule has 0 atom stereocenters. The van der Waals surface area contributed by atoms with Crippen molar-refractivity contribution in [3.63, 3.8) is 0 Å². The number of sulfonamides is 1. The Balaban J connectivity index is 1.58. The number of aromatic nitrogens is 2. The predicted octanol–water partition coefficient (Wildman–Crippen LogP) is 3.34. The number of hydrogen-bond donors (Lipinski definition) is 1. The van der Waals surface area contributed by atoms with Crippen molar-refractivity contribution >= 4 is 44.6 Å². The van der Waals surface area contributed by atoms with Crippen LogP contribution in [0.5, 0.6) is 0 Å². The average Bonchev–Trinajstić information content (AvgIpc) is 3.38. The molecule has 3 heterocycles. The Kier molecular flexibility index (Phi) is 6.02. The SMILES string of the molecule is Cc1ccc(Cl)cc1NS(=O)(=O)c1cc(-c2noc(C(=O)N3CCOCC3)n2)sc1C. The maximum atomic E-state index is 13.0. The van der Waals surface area contributed by atoms with E-state index in [4.69, 9.17) is 20.9 Å². The summed E-state index contributed by atoms with van der Waals surface area (Å²) in [6.45, 7) is 5.28. The lowest BCUT2D eigenvalue weighted by molar-refractivity contribution is 0.0272. The molecule has 9 nitrogen and oxygen atoms in total. The topological polar surface area (TPSA) is 115 Å². The van der Waals surface area contributed by atoms with E-state index in [1.165, 1.54) is 17.4 Å². The summed E-state index contributed by atoms with van der Waals surface area (Å²) in [4.78, 5) is 19.4. The summed E-state index contributed by atoms with van der Waals surface area (Å²) in [6, 6.07) is 6.45. The lowest BCUT2D eigenvalue weighted by Gasteiger charge is -2.25. The van der Waals surface area contributed by atoms with Crippen molar-refractivity contribution in [3.05, 3.63) is 45.6 Å². The molecule has 0 unspecified atom stereocenters. The van der Waals surface area contributed by atoms with Crippen LogP contribution in [0.1, 0.15) is 21.1 Å². The number of carbonyl (C=O) groups is 1. The number of nitrogens with one attached hydrogen (secondary N) is 1. The van der Waals surface area contributed by atoms with Crippen molar-refractivity contribution in [1.29, 1.82) is 0 Å². The summed E-state index contributed by atoms with van der Waals surface area (Å²) >= 11 is 7.19. The number of nitrogens with zero attached hydrogens (tertiary/aromatic N) is 3. The molecule has 0 aliphatic carbocycles. The molecule has 1 saturated heterocycles. The molecule has 1 aliphatic rings. The summed E-state index contributed by atoms with van der Waals surface area (Å²) < 4.78 is 38.9. The van der Waals surface area contributed by atoms with Crippen LogP contribution in [-0.4, -0.2) is 55.7 Å². The van der Waals surface area contributed by atoms with Gasteiger partial charge in [0.15, 0.2) is 0 Å². The second kappa shape index (κ2) is 8.58. The number of hydrogen-bond acceptors (Lipinski definition) is 8. The fourth-order valence-corrected chi connectivity index (χ4v) is 5.87. The van der Waals surface area contributed by atoms with Gasteiger partial charge in [-0.05, 0) is 37.6 Å². The number of benzene rings is 1. The van der Waals surface area contributed by atoms with Crippen molar-refractivity contribution in [2.75, 3.05) is 31.0 Å². The van der Waals surface area contributed by atoms with E-state index in [0.717, 1.165) is 5.56 Å². The Morgan fingerprint density at radius 2 is 1.97 bits per heavy atom. The minimum absolute atomic E-state index is 0.0951. The summed E-state index contributed by atoms with van der Waals surface area (Å²) in [5.41, 5.74) is 1.14. The number of aryl methyl sites for hydroxylation is 2. The number of thiophene rings is 1. The molecule has 1 amide bonds. The molecule has 1 fully saturated rings. The second-order valence-corrected chi connectivity index (χ2v) is 10.3. The molecule has 164 valence electrons. The summed E-state index contributed by atoms with van der Waals surface area (Å²) in [6.07, 6.45) is 0. The standard InChI is InChI=1S/C19H19ClN4O5S2/c1-11-3-4-13(20)9-14(11)23-31(26,27)16-10-15(30-12(16)2)17-21-18(29-22-17)19(25)24-5-7-28-8-6-24/h3-4,9-10,23H,5-8H2,1-2H3. The van der Waals surface area contributed by atoms with Crippen LogP contribution < -0.4 is 4.72 Å². The molecule has 2 aromatic heterocycles. The first-order chi connectivity index (χ1) is 14.7. The third kappa shape index (κ3) is 4.59. The van der Waals surface area contributed by atoms with Crippen LogP contribution in [0.25, 0.3) is 10.7 Å². The van der Waals surface area contributed by atoms with E-state index in [1.807, 2.05) is 0 Å². The van der Waals surface area contributed by atoms with Crippen LogP contribution in [0, 0.1) is 13.8 Å². The maximum Gasteiger partial charge on any atom is 0.316 e. The van der Waals surface area contributed by atoms with Crippen molar-refractivity contribution in [1.82, 2.24) is 15.0 Å². The van der Waals surface area contributed by atoms with Gasteiger partial charge < -0.3 is 14.2 Å². The number of ether oxygens (including phenoxy) is 1. The zero-order valence-corrected chi connectivity index (χ0v) is 19.1. The molecule has 3 aromatic rings. The highest BCUT2D eigenvalue weighted by Gasteiger charge is 2.27. The molecule has 1 N–H and O–H groups in total. The Morgan fingerprint density at radius 3 is 2.71 bits per heavy atom. The largest absolute Gasteiger partial charge is 0.378 e. The molecule has 0 saturated carbocycles.